The van der Waals surface area contributed by atoms with Crippen molar-refractivity contribution in [2.24, 2.45) is 0 Å². The number of hydrogen-bond acceptors (Lipinski definition) is 7. The molecule has 1 N–H and O–H groups in total. The lowest BCUT2D eigenvalue weighted by atomic mass is 10.0. The van der Waals surface area contributed by atoms with Gasteiger partial charge in [0.05, 0.1) is 27.7 Å². The number of likely N-dealkylation sites (N-methyl/N-ethyl adjacent to an activating group) is 1. The molecule has 2 unspecified atom stereocenters. The highest BCUT2D eigenvalue weighted by Crippen LogP contribution is 2.43. The maximum atomic E-state index is 12.8. The summed E-state index contributed by atoms with van der Waals surface area (Å²) in [6.07, 6.45) is 90.2. The Morgan fingerprint density at radius 1 is 0.376 bits per heavy atom. The third kappa shape index (κ3) is 70.2. The van der Waals surface area contributed by atoms with Gasteiger partial charge in [-0.1, -0.05) is 336 Å². The molecule has 0 aliphatic carbocycles. The third-order valence-electron chi connectivity index (χ3n) is 15.7. The van der Waals surface area contributed by atoms with Crippen LogP contribution in [0, 0.1) is 0 Å². The van der Waals surface area contributed by atoms with Gasteiger partial charge in [0, 0.05) is 12.8 Å². The summed E-state index contributed by atoms with van der Waals surface area (Å²) >= 11 is 0. The molecule has 0 aromatic rings. The number of rotatable bonds is 66. The first-order chi connectivity index (χ1) is 41.5. The largest absolute Gasteiger partial charge is 0.472 e. The van der Waals surface area contributed by atoms with Crippen molar-refractivity contribution >= 4 is 19.8 Å². The zero-order chi connectivity index (χ0) is 61.9. The van der Waals surface area contributed by atoms with Crippen LogP contribution in [0.1, 0.15) is 328 Å². The van der Waals surface area contributed by atoms with E-state index in [1.165, 1.54) is 225 Å². The first kappa shape index (κ1) is 82.2. The van der Waals surface area contributed by atoms with Crippen LogP contribution in [-0.2, 0) is 32.7 Å². The van der Waals surface area contributed by atoms with Crippen LogP contribution in [0.15, 0.2) is 85.1 Å². The fourth-order valence-corrected chi connectivity index (χ4v) is 11.0. The first-order valence-corrected chi connectivity index (χ1v) is 37.3. The van der Waals surface area contributed by atoms with Crippen LogP contribution < -0.4 is 0 Å². The average Bonchev–Trinajstić information content (AvgIpc) is 3.50. The maximum absolute atomic E-state index is 12.8. The molecule has 9 nitrogen and oxygen atoms in total. The van der Waals surface area contributed by atoms with Crippen LogP contribution in [0.25, 0.3) is 0 Å². The van der Waals surface area contributed by atoms with Gasteiger partial charge in [-0.15, -0.1) is 0 Å². The number of quaternary nitrogens is 1. The van der Waals surface area contributed by atoms with E-state index in [0.29, 0.717) is 23.9 Å². The van der Waals surface area contributed by atoms with Gasteiger partial charge in [0.2, 0.25) is 0 Å². The number of carbonyl (C=O) groups excluding carboxylic acids is 2. The van der Waals surface area contributed by atoms with E-state index >= 15 is 0 Å². The van der Waals surface area contributed by atoms with E-state index in [1.54, 1.807) is 0 Å². The molecule has 0 spiro atoms. The highest BCUT2D eigenvalue weighted by Gasteiger charge is 2.27. The highest BCUT2D eigenvalue weighted by atomic mass is 31.2. The van der Waals surface area contributed by atoms with E-state index in [1.807, 2.05) is 21.1 Å². The number of ether oxygens (including phenoxy) is 2. The van der Waals surface area contributed by atoms with Crippen LogP contribution >= 0.6 is 7.82 Å². The van der Waals surface area contributed by atoms with Crippen LogP contribution in [-0.4, -0.2) is 74.9 Å². The fourth-order valence-electron chi connectivity index (χ4n) is 10.2. The standard InChI is InChI=1S/C75H136NO8P/c1-6-8-10-12-14-16-18-20-22-24-26-28-30-31-32-33-34-35-36-37-38-39-40-41-42-43-44-46-47-49-51-53-55-57-59-61-63-65-67-74(77)81-71-73(72-83-85(79,80)82-70-69-76(3,4)5)84-75(78)68-66-64-62-60-58-56-54-52-50-48-45-29-27-25-23-21-19-17-15-13-11-9-7-2/h9,11,15,17,21,23,27,29,48,50,54,56,60,62,73H,6-8,10,12-14,16,18-20,22,24-26,28,30-47,49,51-53,55,57-59,61,63-72H2,1-5H3/p+1/b11-9-,17-15-,23-21-,29-27-,50-48-,56-54-,62-60-. The van der Waals surface area contributed by atoms with Crippen LogP contribution in [0.2, 0.25) is 0 Å². The minimum atomic E-state index is -4.41. The predicted molar refractivity (Wildman–Crippen MR) is 367 cm³/mol. The van der Waals surface area contributed by atoms with Gasteiger partial charge in [-0.05, 0) is 64.2 Å². The van der Waals surface area contributed by atoms with Crippen LogP contribution in [0.3, 0.4) is 0 Å². The molecule has 0 aliphatic heterocycles. The Hall–Kier alpha value is -2.81. The summed E-state index contributed by atoms with van der Waals surface area (Å²) < 4.78 is 34.6. The van der Waals surface area contributed by atoms with E-state index in [0.717, 1.165) is 64.2 Å². The van der Waals surface area contributed by atoms with Crippen molar-refractivity contribution in [1.29, 1.82) is 0 Å². The molecular formula is C75H137NO8P+. The Morgan fingerprint density at radius 3 is 0.988 bits per heavy atom. The maximum Gasteiger partial charge on any atom is 0.472 e. The molecule has 0 saturated heterocycles. The quantitative estimate of drug-likeness (QED) is 0.0211. The lowest BCUT2D eigenvalue weighted by Gasteiger charge is -2.24. The van der Waals surface area contributed by atoms with Crippen molar-refractivity contribution in [3.63, 3.8) is 0 Å². The number of hydrogen-bond donors (Lipinski definition) is 1. The fraction of sp³-hybridized carbons (Fsp3) is 0.787. The number of esters is 2. The molecule has 0 amide bonds. The minimum Gasteiger partial charge on any atom is -0.462 e. The molecule has 0 aromatic carbocycles. The normalized spacial score (nSPS) is 13.6. The third-order valence-corrected chi connectivity index (χ3v) is 16.7. The number of phosphoric acid groups is 1. The Balaban J connectivity index is 3.99. The Bertz CT molecular complexity index is 1710. The van der Waals surface area contributed by atoms with E-state index < -0.39 is 26.5 Å². The lowest BCUT2D eigenvalue weighted by molar-refractivity contribution is -0.870. The summed E-state index contributed by atoms with van der Waals surface area (Å²) in [5, 5.41) is 0. The second-order valence-corrected chi connectivity index (χ2v) is 26.7. The predicted octanol–water partition coefficient (Wildman–Crippen LogP) is 23.3. The van der Waals surface area contributed by atoms with Gasteiger partial charge in [-0.25, -0.2) is 4.57 Å². The smallest absolute Gasteiger partial charge is 0.462 e. The number of allylic oxidation sites excluding steroid dienone is 14. The monoisotopic (exact) mass is 1210 g/mol. The molecule has 0 fully saturated rings. The van der Waals surface area contributed by atoms with Crippen LogP contribution in [0.5, 0.6) is 0 Å². The first-order valence-electron chi connectivity index (χ1n) is 35.8. The molecule has 0 radical (unpaired) electrons. The van der Waals surface area contributed by atoms with Crippen molar-refractivity contribution in [2.75, 3.05) is 47.5 Å². The molecule has 0 rings (SSSR count). The zero-order valence-electron chi connectivity index (χ0n) is 56.3. The van der Waals surface area contributed by atoms with Gasteiger partial charge in [0.1, 0.15) is 19.8 Å². The Labute approximate surface area is 526 Å². The van der Waals surface area contributed by atoms with E-state index in [2.05, 4.69) is 98.9 Å². The van der Waals surface area contributed by atoms with Gasteiger partial charge in [-0.3, -0.25) is 18.6 Å². The molecule has 494 valence electrons. The molecule has 0 aromatic heterocycles. The van der Waals surface area contributed by atoms with Gasteiger partial charge in [-0.2, -0.15) is 0 Å². The summed E-state index contributed by atoms with van der Waals surface area (Å²) in [5.41, 5.74) is 0. The van der Waals surface area contributed by atoms with Crippen molar-refractivity contribution in [1.82, 2.24) is 0 Å². The summed E-state index contributed by atoms with van der Waals surface area (Å²) in [6.45, 7) is 4.29. The SMILES string of the molecule is CC/C=C\C/C=C\C/C=C\C/C=C\C/C=C\C/C=C\C/C=C\CCCC(=O)OC(COC(=O)CCCCCCCCCCCCCCCCCCCCCCCCCCCCCCCCCCCCCCCC)COP(=O)(O)OCC[N+](C)(C)C. The molecule has 10 heteroatoms. The second-order valence-electron chi connectivity index (χ2n) is 25.3. The highest BCUT2D eigenvalue weighted by molar-refractivity contribution is 7.47. The summed E-state index contributed by atoms with van der Waals surface area (Å²) in [5.74, 6) is -0.860. The number of unbranched alkanes of at least 4 members (excludes halogenated alkanes) is 38. The summed E-state index contributed by atoms with van der Waals surface area (Å²) in [6, 6.07) is 0. The van der Waals surface area contributed by atoms with Crippen molar-refractivity contribution < 1.29 is 42.1 Å². The number of carbonyl (C=O) groups is 2. The minimum absolute atomic E-state index is 0.0180. The van der Waals surface area contributed by atoms with Crippen molar-refractivity contribution in [3.8, 4) is 0 Å². The van der Waals surface area contributed by atoms with Crippen LogP contribution in [0.4, 0.5) is 0 Å². The second kappa shape index (κ2) is 65.6. The topological polar surface area (TPSA) is 108 Å². The zero-order valence-corrected chi connectivity index (χ0v) is 57.2. The molecule has 0 bridgehead atoms. The van der Waals surface area contributed by atoms with E-state index in [4.69, 9.17) is 18.5 Å². The molecular weight excluding hydrogens is 1070 g/mol. The van der Waals surface area contributed by atoms with Crippen molar-refractivity contribution in [3.05, 3.63) is 85.1 Å². The average molecular weight is 1210 g/mol. The number of nitrogens with zero attached hydrogens (tertiary/aromatic N) is 1. The number of phosphoric ester groups is 1. The molecule has 85 heavy (non-hydrogen) atoms. The molecule has 0 aliphatic rings. The van der Waals surface area contributed by atoms with E-state index in [-0.39, 0.29) is 32.0 Å². The molecule has 2 atom stereocenters. The summed E-state index contributed by atoms with van der Waals surface area (Å²) in [4.78, 5) is 35.8. The van der Waals surface area contributed by atoms with Gasteiger partial charge in [0.15, 0.2) is 6.10 Å². The van der Waals surface area contributed by atoms with Gasteiger partial charge >= 0.3 is 19.8 Å². The molecule has 0 heterocycles. The molecule has 0 saturated carbocycles. The van der Waals surface area contributed by atoms with Gasteiger partial charge in [0.25, 0.3) is 0 Å². The lowest BCUT2D eigenvalue weighted by Crippen LogP contribution is -2.37. The van der Waals surface area contributed by atoms with E-state index in [9.17, 15) is 19.0 Å². The van der Waals surface area contributed by atoms with Crippen molar-refractivity contribution in [2.45, 2.75) is 335 Å². The Morgan fingerprint density at radius 2 is 0.671 bits per heavy atom. The summed E-state index contributed by atoms with van der Waals surface area (Å²) in [7, 11) is 1.44. The Kier molecular flexibility index (Phi) is 63.5. The van der Waals surface area contributed by atoms with Gasteiger partial charge < -0.3 is 18.9 Å².